The molecule has 1 nitrogen and oxygen atoms in total. The minimum absolute atomic E-state index is 0.389. The largest absolute Gasteiger partial charge is 0.253 e. The van der Waals surface area contributed by atoms with Crippen LogP contribution in [0.15, 0.2) is 163 Å². The van der Waals surface area contributed by atoms with E-state index in [1.54, 1.807) is 0 Å². The highest BCUT2D eigenvalue weighted by Crippen LogP contribution is 2.67. The molecule has 3 aliphatic rings. The monoisotopic (exact) mass is 603 g/mol. The zero-order chi connectivity index (χ0) is 32.1. The van der Waals surface area contributed by atoms with Gasteiger partial charge in [-0.2, -0.15) is 0 Å². The summed E-state index contributed by atoms with van der Waals surface area (Å²) in [6.45, 7) is 13.0. The topological polar surface area (TPSA) is 12.4 Å². The van der Waals surface area contributed by atoms with Crippen molar-refractivity contribution in [2.45, 2.75) is 32.1 Å². The second-order valence-electron chi connectivity index (χ2n) is 12.7. The fourth-order valence-corrected chi connectivity index (χ4v) is 8.28. The lowest BCUT2D eigenvalue weighted by Gasteiger charge is -2.36. The van der Waals surface area contributed by atoms with Crippen LogP contribution in [0.2, 0.25) is 0 Å². The molecule has 0 heterocycles. The van der Waals surface area contributed by atoms with Gasteiger partial charge < -0.3 is 0 Å². The molecule has 1 heteroatoms. The van der Waals surface area contributed by atoms with Gasteiger partial charge in [0, 0.05) is 5.71 Å². The average Bonchev–Trinajstić information content (AvgIpc) is 3.59. The van der Waals surface area contributed by atoms with Crippen molar-refractivity contribution in [3.8, 4) is 0 Å². The molecular formula is C46H37N. The van der Waals surface area contributed by atoms with E-state index in [4.69, 9.17) is 4.99 Å². The molecule has 0 N–H and O–H groups in total. The van der Waals surface area contributed by atoms with Crippen molar-refractivity contribution in [1.29, 1.82) is 0 Å². The molecule has 0 saturated heterocycles. The maximum absolute atomic E-state index is 4.93. The van der Waals surface area contributed by atoms with E-state index in [9.17, 15) is 0 Å². The predicted molar refractivity (Wildman–Crippen MR) is 200 cm³/mol. The van der Waals surface area contributed by atoms with Gasteiger partial charge in [0.25, 0.3) is 0 Å². The number of hydrogen-bond acceptors (Lipinski definition) is 1. The minimum atomic E-state index is -0.389. The van der Waals surface area contributed by atoms with Gasteiger partial charge >= 0.3 is 0 Å². The van der Waals surface area contributed by atoms with E-state index in [1.807, 2.05) is 18.2 Å². The second kappa shape index (κ2) is 11.4. The van der Waals surface area contributed by atoms with Crippen LogP contribution in [0.3, 0.4) is 0 Å². The molecule has 226 valence electrons. The second-order valence-corrected chi connectivity index (χ2v) is 12.7. The minimum Gasteiger partial charge on any atom is -0.253 e. The number of aliphatic imine (C=N–C) groups is 1. The van der Waals surface area contributed by atoms with Gasteiger partial charge in [-0.25, -0.2) is 0 Å². The van der Waals surface area contributed by atoms with Crippen LogP contribution < -0.4 is 0 Å². The van der Waals surface area contributed by atoms with E-state index in [2.05, 4.69) is 148 Å². The summed E-state index contributed by atoms with van der Waals surface area (Å²) >= 11 is 0. The summed E-state index contributed by atoms with van der Waals surface area (Å²) in [5.41, 5.74) is 19.4. The molecule has 0 amide bonds. The van der Waals surface area contributed by atoms with E-state index in [1.165, 1.54) is 66.8 Å². The van der Waals surface area contributed by atoms with Gasteiger partial charge in [0.1, 0.15) is 0 Å². The van der Waals surface area contributed by atoms with Crippen LogP contribution in [0.5, 0.6) is 0 Å². The molecule has 1 unspecified atom stereocenters. The molecule has 0 bridgehead atoms. The standard InChI is InChI=1S/C46H37N/c1-5-36-39-23-11-13-26-41(39)46(45(36)37-22-10-9-17-30(37)2)42-27-14-12-24-40(42)44-38(25-16-28-43(44)46)35-21-15-20-34(29-35)32(4)47-31(3)33-18-7-6-8-19-33/h5-15,17-27,29H,1,3,16,28H2,2,4H3. The van der Waals surface area contributed by atoms with Crippen molar-refractivity contribution in [2.24, 2.45) is 4.99 Å². The molecular weight excluding hydrogens is 567 g/mol. The van der Waals surface area contributed by atoms with Crippen LogP contribution in [-0.4, -0.2) is 5.71 Å². The Balaban J connectivity index is 1.34. The maximum atomic E-state index is 4.93. The molecule has 0 radical (unpaired) electrons. The lowest BCUT2D eigenvalue weighted by atomic mass is 9.65. The van der Waals surface area contributed by atoms with E-state index in [-0.39, 0.29) is 5.41 Å². The van der Waals surface area contributed by atoms with Crippen molar-refractivity contribution in [1.82, 2.24) is 0 Å². The van der Waals surface area contributed by atoms with Crippen LogP contribution in [-0.2, 0) is 5.41 Å². The first kappa shape index (κ1) is 28.9. The summed E-state index contributed by atoms with van der Waals surface area (Å²) in [6, 6.07) is 46.1. The Hall–Kier alpha value is -5.53. The van der Waals surface area contributed by atoms with Crippen LogP contribution in [0.25, 0.3) is 28.0 Å². The molecule has 0 aromatic heterocycles. The number of allylic oxidation sites excluding steroid dienone is 7. The average molecular weight is 604 g/mol. The smallest absolute Gasteiger partial charge is 0.0694 e. The first-order valence-corrected chi connectivity index (χ1v) is 16.5. The van der Waals surface area contributed by atoms with Crippen molar-refractivity contribution in [3.63, 3.8) is 0 Å². The molecule has 47 heavy (non-hydrogen) atoms. The zero-order valence-corrected chi connectivity index (χ0v) is 27.1. The van der Waals surface area contributed by atoms with E-state index in [0.29, 0.717) is 0 Å². The summed E-state index contributed by atoms with van der Waals surface area (Å²) < 4.78 is 0. The van der Waals surface area contributed by atoms with Gasteiger partial charge in [0.2, 0.25) is 0 Å². The zero-order valence-electron chi connectivity index (χ0n) is 27.1. The fraction of sp³-hybridized carbons (Fsp3) is 0.109. The first-order valence-electron chi connectivity index (χ1n) is 16.5. The van der Waals surface area contributed by atoms with Crippen molar-refractivity contribution in [3.05, 3.63) is 208 Å². The third kappa shape index (κ3) is 4.34. The Kier molecular flexibility index (Phi) is 6.99. The van der Waals surface area contributed by atoms with Gasteiger partial charge in [0.15, 0.2) is 0 Å². The fourth-order valence-electron chi connectivity index (χ4n) is 8.28. The van der Waals surface area contributed by atoms with Crippen LogP contribution in [0, 0.1) is 6.92 Å². The predicted octanol–water partition coefficient (Wildman–Crippen LogP) is 11.5. The Morgan fingerprint density at radius 3 is 2.11 bits per heavy atom. The quantitative estimate of drug-likeness (QED) is 0.171. The van der Waals surface area contributed by atoms with E-state index >= 15 is 0 Å². The molecule has 3 aliphatic carbocycles. The maximum Gasteiger partial charge on any atom is 0.0694 e. The summed E-state index contributed by atoms with van der Waals surface area (Å²) in [5, 5.41) is 0. The Bertz CT molecular complexity index is 2240. The van der Waals surface area contributed by atoms with Gasteiger partial charge in [-0.05, 0) is 111 Å². The molecule has 1 spiro atoms. The highest BCUT2D eigenvalue weighted by Gasteiger charge is 2.54. The number of nitrogens with zero attached hydrogens (tertiary/aromatic N) is 1. The van der Waals surface area contributed by atoms with Gasteiger partial charge in [-0.3, -0.25) is 4.99 Å². The third-order valence-corrected chi connectivity index (χ3v) is 10.3. The molecule has 5 aromatic carbocycles. The molecule has 0 aliphatic heterocycles. The summed E-state index contributed by atoms with van der Waals surface area (Å²) in [4.78, 5) is 4.93. The molecule has 5 aromatic rings. The van der Waals surface area contributed by atoms with E-state index < -0.39 is 0 Å². The van der Waals surface area contributed by atoms with E-state index in [0.717, 1.165) is 35.4 Å². The van der Waals surface area contributed by atoms with Gasteiger partial charge in [-0.1, -0.05) is 147 Å². The van der Waals surface area contributed by atoms with Crippen molar-refractivity contribution < 1.29 is 0 Å². The highest BCUT2D eigenvalue weighted by molar-refractivity contribution is 6.18. The van der Waals surface area contributed by atoms with Crippen LogP contribution in [0.1, 0.15) is 69.8 Å². The SMILES string of the molecule is C=CC1=C(c2ccccc2C)C2(C3=C(C(c4cccc(C(C)=NC(=C)c5ccccc5)c4)=CCC3)c3ccccc32)c2ccccc21. The Morgan fingerprint density at radius 1 is 0.723 bits per heavy atom. The summed E-state index contributed by atoms with van der Waals surface area (Å²) in [5.74, 6) is 0. The van der Waals surface area contributed by atoms with Crippen molar-refractivity contribution in [2.75, 3.05) is 0 Å². The number of fused-ring (bicyclic) bond motifs is 6. The third-order valence-electron chi connectivity index (χ3n) is 10.3. The molecule has 0 saturated carbocycles. The van der Waals surface area contributed by atoms with Gasteiger partial charge in [-0.15, -0.1) is 0 Å². The van der Waals surface area contributed by atoms with Crippen molar-refractivity contribution >= 4 is 33.7 Å². The highest BCUT2D eigenvalue weighted by atomic mass is 14.7. The molecule has 8 rings (SSSR count). The molecule has 0 fully saturated rings. The normalized spacial score (nSPS) is 18.2. The van der Waals surface area contributed by atoms with Crippen LogP contribution in [0.4, 0.5) is 0 Å². The summed E-state index contributed by atoms with van der Waals surface area (Å²) in [6.07, 6.45) is 6.53. The first-order chi connectivity index (χ1) is 23.0. The Morgan fingerprint density at radius 2 is 1.36 bits per heavy atom. The lowest BCUT2D eigenvalue weighted by molar-refractivity contribution is 0.749. The van der Waals surface area contributed by atoms with Gasteiger partial charge in [0.05, 0.1) is 11.1 Å². The molecule has 1 atom stereocenters. The summed E-state index contributed by atoms with van der Waals surface area (Å²) in [7, 11) is 0. The Labute approximate surface area is 278 Å². The number of benzene rings is 5. The number of rotatable bonds is 6. The lowest BCUT2D eigenvalue weighted by Crippen LogP contribution is -2.29. The number of aryl methyl sites for hydroxylation is 1. The number of hydrogen-bond donors (Lipinski definition) is 0. The van der Waals surface area contributed by atoms with Crippen LogP contribution >= 0.6 is 0 Å².